The third-order valence-corrected chi connectivity index (χ3v) is 5.94. The quantitative estimate of drug-likeness (QED) is 0.845. The van der Waals surface area contributed by atoms with Gasteiger partial charge in [-0.05, 0) is 45.4 Å². The van der Waals surface area contributed by atoms with E-state index in [4.69, 9.17) is 0 Å². The predicted octanol–water partition coefficient (Wildman–Crippen LogP) is 2.36. The molecule has 26 heavy (non-hydrogen) atoms. The Morgan fingerprint density at radius 2 is 2.00 bits per heavy atom. The molecule has 0 bridgehead atoms. The standard InChI is InChI=1S/C19H27N5O2/c1-13(2)24-18-15(10-21-24)19(26)22(12-20-18)11-17(25)23-9-5-7-14-6-3-4-8-16(14)23/h10,12-14,16H,3-9,11H2,1-2H3. The molecule has 7 heteroatoms. The third-order valence-electron chi connectivity index (χ3n) is 5.94. The van der Waals surface area contributed by atoms with Crippen LogP contribution in [0.25, 0.3) is 11.0 Å². The smallest absolute Gasteiger partial charge is 0.264 e. The second-order valence-electron chi connectivity index (χ2n) is 7.94. The van der Waals surface area contributed by atoms with E-state index < -0.39 is 0 Å². The molecule has 7 nitrogen and oxygen atoms in total. The fraction of sp³-hybridized carbons (Fsp3) is 0.684. The van der Waals surface area contributed by atoms with Gasteiger partial charge < -0.3 is 4.90 Å². The molecule has 1 amide bonds. The number of likely N-dealkylation sites (tertiary alicyclic amines) is 1. The van der Waals surface area contributed by atoms with Crippen LogP contribution in [-0.4, -0.2) is 42.7 Å². The summed E-state index contributed by atoms with van der Waals surface area (Å²) in [5, 5.41) is 4.74. The van der Waals surface area contributed by atoms with Gasteiger partial charge in [0, 0.05) is 18.6 Å². The SMILES string of the molecule is CC(C)n1ncc2c(=O)n(CC(=O)N3CCCC4CCCCC43)cnc21. The third kappa shape index (κ3) is 2.93. The molecule has 0 radical (unpaired) electrons. The van der Waals surface area contributed by atoms with Gasteiger partial charge >= 0.3 is 0 Å². The van der Waals surface area contributed by atoms with Gasteiger partial charge in [0.15, 0.2) is 5.65 Å². The van der Waals surface area contributed by atoms with Gasteiger partial charge in [-0.25, -0.2) is 9.67 Å². The normalized spacial score (nSPS) is 23.4. The highest BCUT2D eigenvalue weighted by atomic mass is 16.2. The summed E-state index contributed by atoms with van der Waals surface area (Å²) >= 11 is 0. The van der Waals surface area contributed by atoms with E-state index in [0.29, 0.717) is 23.0 Å². The number of nitrogens with zero attached hydrogens (tertiary/aromatic N) is 5. The van der Waals surface area contributed by atoms with Crippen LogP contribution >= 0.6 is 0 Å². The van der Waals surface area contributed by atoms with Crippen LogP contribution in [0.5, 0.6) is 0 Å². The van der Waals surface area contributed by atoms with Crippen molar-refractivity contribution in [3.05, 3.63) is 22.9 Å². The van der Waals surface area contributed by atoms with Crippen molar-refractivity contribution in [1.29, 1.82) is 0 Å². The fourth-order valence-corrected chi connectivity index (χ4v) is 4.63. The predicted molar refractivity (Wildman–Crippen MR) is 98.9 cm³/mol. The van der Waals surface area contributed by atoms with Crippen LogP contribution in [0.2, 0.25) is 0 Å². The largest absolute Gasteiger partial charge is 0.338 e. The van der Waals surface area contributed by atoms with Gasteiger partial charge in [0.25, 0.3) is 5.56 Å². The zero-order valence-electron chi connectivity index (χ0n) is 15.6. The maximum absolute atomic E-state index is 12.9. The van der Waals surface area contributed by atoms with Crippen LogP contribution in [0.4, 0.5) is 0 Å². The molecule has 0 aromatic carbocycles. The van der Waals surface area contributed by atoms with Gasteiger partial charge in [0.1, 0.15) is 18.3 Å². The Labute approximate surface area is 153 Å². The minimum Gasteiger partial charge on any atom is -0.338 e. The summed E-state index contributed by atoms with van der Waals surface area (Å²) in [5.74, 6) is 0.684. The van der Waals surface area contributed by atoms with Gasteiger partial charge in [0.2, 0.25) is 5.91 Å². The molecule has 2 atom stereocenters. The number of rotatable bonds is 3. The first-order valence-electron chi connectivity index (χ1n) is 9.78. The molecule has 1 aliphatic carbocycles. The summed E-state index contributed by atoms with van der Waals surface area (Å²) in [7, 11) is 0. The Hall–Kier alpha value is -2.18. The minimum atomic E-state index is -0.188. The molecule has 2 aliphatic rings. The van der Waals surface area contributed by atoms with Gasteiger partial charge in [0.05, 0.1) is 6.20 Å². The summed E-state index contributed by atoms with van der Waals surface area (Å²) in [6.45, 7) is 4.88. The average molecular weight is 357 g/mol. The number of aromatic nitrogens is 4. The van der Waals surface area contributed by atoms with Crippen LogP contribution in [0.3, 0.4) is 0 Å². The number of amides is 1. The van der Waals surface area contributed by atoms with E-state index in [1.807, 2.05) is 18.7 Å². The Bertz CT molecular complexity index is 866. The highest BCUT2D eigenvalue weighted by Crippen LogP contribution is 2.35. The van der Waals surface area contributed by atoms with Gasteiger partial charge in [-0.2, -0.15) is 5.10 Å². The summed E-state index contributed by atoms with van der Waals surface area (Å²) in [6, 6.07) is 0.495. The molecule has 3 heterocycles. The molecule has 2 unspecified atom stereocenters. The fourth-order valence-electron chi connectivity index (χ4n) is 4.63. The summed E-state index contributed by atoms with van der Waals surface area (Å²) in [4.78, 5) is 32.1. The number of fused-ring (bicyclic) bond motifs is 2. The van der Waals surface area contributed by atoms with Crippen molar-refractivity contribution in [3.8, 4) is 0 Å². The number of piperidine rings is 1. The first kappa shape index (κ1) is 17.2. The monoisotopic (exact) mass is 357 g/mol. The van der Waals surface area contributed by atoms with Crippen LogP contribution < -0.4 is 5.56 Å². The lowest BCUT2D eigenvalue weighted by molar-refractivity contribution is -0.138. The van der Waals surface area contributed by atoms with Crippen molar-refractivity contribution in [3.63, 3.8) is 0 Å². The molecular formula is C19H27N5O2. The zero-order valence-corrected chi connectivity index (χ0v) is 15.6. The maximum atomic E-state index is 12.9. The van der Waals surface area contributed by atoms with Gasteiger partial charge in [-0.3, -0.25) is 14.2 Å². The van der Waals surface area contributed by atoms with E-state index in [2.05, 4.69) is 10.1 Å². The van der Waals surface area contributed by atoms with Crippen LogP contribution in [0.1, 0.15) is 58.4 Å². The Kier molecular flexibility index (Phi) is 4.54. The van der Waals surface area contributed by atoms with Crippen LogP contribution in [-0.2, 0) is 11.3 Å². The molecule has 2 aromatic rings. The Morgan fingerprint density at radius 1 is 1.23 bits per heavy atom. The molecule has 0 spiro atoms. The minimum absolute atomic E-state index is 0.0427. The lowest BCUT2D eigenvalue weighted by Gasteiger charge is -2.44. The van der Waals surface area contributed by atoms with E-state index in [1.54, 1.807) is 10.9 Å². The van der Waals surface area contributed by atoms with Crippen LogP contribution in [0, 0.1) is 5.92 Å². The molecule has 2 aromatic heterocycles. The molecular weight excluding hydrogens is 330 g/mol. The zero-order chi connectivity index (χ0) is 18.3. The van der Waals surface area contributed by atoms with Crippen molar-refractivity contribution in [2.24, 2.45) is 5.92 Å². The maximum Gasteiger partial charge on any atom is 0.264 e. The summed E-state index contributed by atoms with van der Waals surface area (Å²) in [5.41, 5.74) is 0.395. The number of hydrogen-bond acceptors (Lipinski definition) is 4. The molecule has 0 N–H and O–H groups in total. The van der Waals surface area contributed by atoms with E-state index in [1.165, 1.54) is 36.6 Å². The average Bonchev–Trinajstić information content (AvgIpc) is 3.08. The summed E-state index contributed by atoms with van der Waals surface area (Å²) in [6.07, 6.45) is 10.2. The second kappa shape index (κ2) is 6.85. The number of carbonyl (C=O) groups excluding carboxylic acids is 1. The van der Waals surface area contributed by atoms with E-state index >= 15 is 0 Å². The molecule has 1 saturated heterocycles. The molecule has 2 fully saturated rings. The lowest BCUT2D eigenvalue weighted by Crippen LogP contribution is -2.51. The molecule has 1 aliphatic heterocycles. The van der Waals surface area contributed by atoms with E-state index in [0.717, 1.165) is 19.4 Å². The van der Waals surface area contributed by atoms with Gasteiger partial charge in [-0.15, -0.1) is 0 Å². The van der Waals surface area contributed by atoms with Crippen LogP contribution in [0.15, 0.2) is 17.3 Å². The van der Waals surface area contributed by atoms with E-state index in [-0.39, 0.29) is 24.1 Å². The molecule has 1 saturated carbocycles. The first-order chi connectivity index (χ1) is 12.6. The second-order valence-corrected chi connectivity index (χ2v) is 7.94. The van der Waals surface area contributed by atoms with Crippen molar-refractivity contribution in [2.45, 2.75) is 71.0 Å². The highest BCUT2D eigenvalue weighted by Gasteiger charge is 2.35. The van der Waals surface area contributed by atoms with Gasteiger partial charge in [-0.1, -0.05) is 12.8 Å². The topological polar surface area (TPSA) is 73.0 Å². The number of hydrogen-bond donors (Lipinski definition) is 0. The first-order valence-corrected chi connectivity index (χ1v) is 9.78. The number of carbonyl (C=O) groups is 1. The van der Waals surface area contributed by atoms with Crippen molar-refractivity contribution >= 4 is 16.9 Å². The summed E-state index contributed by atoms with van der Waals surface area (Å²) < 4.78 is 3.17. The Morgan fingerprint density at radius 3 is 2.81 bits per heavy atom. The van der Waals surface area contributed by atoms with Crippen molar-refractivity contribution in [2.75, 3.05) is 6.54 Å². The van der Waals surface area contributed by atoms with Crippen molar-refractivity contribution < 1.29 is 4.79 Å². The Balaban J connectivity index is 1.57. The van der Waals surface area contributed by atoms with E-state index in [9.17, 15) is 9.59 Å². The molecule has 4 rings (SSSR count). The highest BCUT2D eigenvalue weighted by molar-refractivity contribution is 5.77. The lowest BCUT2D eigenvalue weighted by atomic mass is 9.78. The van der Waals surface area contributed by atoms with Crippen molar-refractivity contribution in [1.82, 2.24) is 24.2 Å². The molecule has 140 valence electrons.